The molecule has 132 valence electrons. The van der Waals surface area contributed by atoms with Crippen molar-refractivity contribution in [2.75, 3.05) is 18.5 Å². The number of rotatable bonds is 5. The van der Waals surface area contributed by atoms with Gasteiger partial charge in [0.2, 0.25) is 10.0 Å². The molecule has 1 N–H and O–H groups in total. The fourth-order valence-corrected chi connectivity index (χ4v) is 4.06. The second kappa shape index (κ2) is 7.71. The molecule has 0 spiro atoms. The lowest BCUT2D eigenvalue weighted by molar-refractivity contribution is 0.346. The van der Waals surface area contributed by atoms with E-state index < -0.39 is 10.0 Å². The van der Waals surface area contributed by atoms with Crippen LogP contribution in [0.25, 0.3) is 0 Å². The van der Waals surface area contributed by atoms with Crippen LogP contribution in [0.2, 0.25) is 0 Å². The van der Waals surface area contributed by atoms with E-state index in [1.54, 1.807) is 18.2 Å². The first-order valence-corrected chi connectivity index (χ1v) is 9.51. The molecule has 2 heterocycles. The van der Waals surface area contributed by atoms with E-state index in [0.29, 0.717) is 24.5 Å². The van der Waals surface area contributed by atoms with Gasteiger partial charge in [-0.05, 0) is 31.0 Å². The molecule has 8 heteroatoms. The standard InChI is InChI=1S/C17H19FN4O2S/c18-16-7-3-2-6-14(16)12-20-21-17-9-8-15(13-19-17)25(23,24)22-10-4-1-5-11-22/h2-3,6-9,12-13H,1,4-5,10-11H2,(H,19,21)/b20-12-. The maximum Gasteiger partial charge on any atom is 0.244 e. The first-order valence-electron chi connectivity index (χ1n) is 8.07. The van der Waals surface area contributed by atoms with Gasteiger partial charge < -0.3 is 0 Å². The summed E-state index contributed by atoms with van der Waals surface area (Å²) in [5.74, 6) is 0.00849. The Balaban J connectivity index is 1.67. The van der Waals surface area contributed by atoms with Gasteiger partial charge in [-0.25, -0.2) is 17.8 Å². The fraction of sp³-hybridized carbons (Fsp3) is 0.294. The summed E-state index contributed by atoms with van der Waals surface area (Å²) in [4.78, 5) is 4.23. The SMILES string of the molecule is O=S(=O)(c1ccc(N/N=C\c2ccccc2F)nc1)N1CCCCC1. The normalized spacial score (nSPS) is 16.2. The molecular formula is C17H19FN4O2S. The zero-order valence-electron chi connectivity index (χ0n) is 13.6. The molecule has 1 aliphatic rings. The van der Waals surface area contributed by atoms with E-state index in [-0.39, 0.29) is 10.7 Å². The lowest BCUT2D eigenvalue weighted by Crippen LogP contribution is -2.35. The number of aromatic nitrogens is 1. The summed E-state index contributed by atoms with van der Waals surface area (Å²) in [5, 5.41) is 3.92. The Kier molecular flexibility index (Phi) is 5.40. The Hall–Kier alpha value is -2.32. The van der Waals surface area contributed by atoms with E-state index in [0.717, 1.165) is 19.3 Å². The molecule has 0 saturated carbocycles. The summed E-state index contributed by atoms with van der Waals surface area (Å²) in [6.07, 6.45) is 5.49. The number of benzene rings is 1. The van der Waals surface area contributed by atoms with Crippen LogP contribution in [0.15, 0.2) is 52.6 Å². The maximum absolute atomic E-state index is 13.5. The van der Waals surface area contributed by atoms with Gasteiger partial charge in [0.15, 0.2) is 0 Å². The van der Waals surface area contributed by atoms with Crippen LogP contribution in [0.5, 0.6) is 0 Å². The van der Waals surface area contributed by atoms with Gasteiger partial charge in [-0.2, -0.15) is 9.41 Å². The number of hydrazone groups is 1. The molecule has 25 heavy (non-hydrogen) atoms. The number of hydrogen-bond donors (Lipinski definition) is 1. The van der Waals surface area contributed by atoms with Crippen LogP contribution < -0.4 is 5.43 Å². The number of hydrogen-bond acceptors (Lipinski definition) is 5. The fourth-order valence-electron chi connectivity index (χ4n) is 2.60. The lowest BCUT2D eigenvalue weighted by Gasteiger charge is -2.25. The van der Waals surface area contributed by atoms with Crippen LogP contribution in [0.4, 0.5) is 10.2 Å². The van der Waals surface area contributed by atoms with Crippen molar-refractivity contribution in [2.24, 2.45) is 5.10 Å². The molecule has 0 unspecified atom stereocenters. The summed E-state index contributed by atoms with van der Waals surface area (Å²) in [7, 11) is -3.49. The number of halogens is 1. The quantitative estimate of drug-likeness (QED) is 0.656. The highest BCUT2D eigenvalue weighted by atomic mass is 32.2. The molecule has 1 fully saturated rings. The van der Waals surface area contributed by atoms with Crippen molar-refractivity contribution in [1.29, 1.82) is 0 Å². The zero-order chi connectivity index (χ0) is 17.7. The van der Waals surface area contributed by atoms with Gasteiger partial charge in [0, 0.05) is 24.8 Å². The van der Waals surface area contributed by atoms with Gasteiger partial charge >= 0.3 is 0 Å². The van der Waals surface area contributed by atoms with Gasteiger partial charge in [0.25, 0.3) is 0 Å². The molecule has 0 atom stereocenters. The number of nitrogens with one attached hydrogen (secondary N) is 1. The van der Waals surface area contributed by atoms with E-state index in [4.69, 9.17) is 0 Å². The highest BCUT2D eigenvalue weighted by molar-refractivity contribution is 7.89. The van der Waals surface area contributed by atoms with Gasteiger partial charge in [-0.15, -0.1) is 0 Å². The van der Waals surface area contributed by atoms with Crippen molar-refractivity contribution >= 4 is 22.1 Å². The molecule has 1 aliphatic heterocycles. The second-order valence-electron chi connectivity index (χ2n) is 5.74. The Bertz CT molecular complexity index is 847. The van der Waals surface area contributed by atoms with Gasteiger partial charge in [-0.3, -0.25) is 5.43 Å². The molecule has 6 nitrogen and oxygen atoms in total. The van der Waals surface area contributed by atoms with E-state index in [1.165, 1.54) is 34.9 Å². The summed E-state index contributed by atoms with van der Waals surface area (Å²) >= 11 is 0. The third kappa shape index (κ3) is 4.21. The lowest BCUT2D eigenvalue weighted by atomic mass is 10.2. The smallest absolute Gasteiger partial charge is 0.244 e. The van der Waals surface area contributed by atoms with E-state index in [2.05, 4.69) is 15.5 Å². The van der Waals surface area contributed by atoms with Gasteiger partial charge in [-0.1, -0.05) is 24.6 Å². The molecular weight excluding hydrogens is 343 g/mol. The summed E-state index contributed by atoms with van der Waals surface area (Å²) in [6, 6.07) is 9.29. The van der Waals surface area contributed by atoms with Crippen LogP contribution in [0.1, 0.15) is 24.8 Å². The topological polar surface area (TPSA) is 74.7 Å². The number of anilines is 1. The summed E-state index contributed by atoms with van der Waals surface area (Å²) < 4.78 is 40.0. The first-order chi connectivity index (χ1) is 12.1. The molecule has 1 aromatic carbocycles. The Morgan fingerprint density at radius 2 is 1.88 bits per heavy atom. The van der Waals surface area contributed by atoms with Crippen LogP contribution in [-0.2, 0) is 10.0 Å². The molecule has 0 amide bonds. The molecule has 1 saturated heterocycles. The predicted octanol–water partition coefficient (Wildman–Crippen LogP) is 2.84. The largest absolute Gasteiger partial charge is 0.261 e. The van der Waals surface area contributed by atoms with Crippen molar-refractivity contribution in [1.82, 2.24) is 9.29 Å². The Labute approximate surface area is 146 Å². The number of pyridine rings is 1. The minimum absolute atomic E-state index is 0.165. The van der Waals surface area contributed by atoms with E-state index in [9.17, 15) is 12.8 Å². The molecule has 2 aromatic rings. The first kappa shape index (κ1) is 17.5. The number of nitrogens with zero attached hydrogens (tertiary/aromatic N) is 3. The summed E-state index contributed by atoms with van der Waals surface area (Å²) in [5.41, 5.74) is 3.01. The van der Waals surface area contributed by atoms with Crippen molar-refractivity contribution < 1.29 is 12.8 Å². The average molecular weight is 362 g/mol. The van der Waals surface area contributed by atoms with Crippen LogP contribution >= 0.6 is 0 Å². The maximum atomic E-state index is 13.5. The van der Waals surface area contributed by atoms with Gasteiger partial charge in [0.1, 0.15) is 16.5 Å². The van der Waals surface area contributed by atoms with Gasteiger partial charge in [0.05, 0.1) is 6.21 Å². The van der Waals surface area contributed by atoms with E-state index >= 15 is 0 Å². The Morgan fingerprint density at radius 1 is 1.12 bits per heavy atom. The molecule has 1 aromatic heterocycles. The monoisotopic (exact) mass is 362 g/mol. The van der Waals surface area contributed by atoms with Crippen molar-refractivity contribution in [2.45, 2.75) is 24.2 Å². The second-order valence-corrected chi connectivity index (χ2v) is 7.67. The molecule has 0 aliphatic carbocycles. The highest BCUT2D eigenvalue weighted by Gasteiger charge is 2.25. The van der Waals surface area contributed by atoms with Crippen LogP contribution in [-0.4, -0.2) is 37.0 Å². The average Bonchev–Trinajstić information content (AvgIpc) is 2.64. The molecule has 0 radical (unpaired) electrons. The van der Waals surface area contributed by atoms with Crippen molar-refractivity contribution in [3.8, 4) is 0 Å². The molecule has 3 rings (SSSR count). The minimum Gasteiger partial charge on any atom is -0.261 e. The third-order valence-corrected chi connectivity index (χ3v) is 5.86. The highest BCUT2D eigenvalue weighted by Crippen LogP contribution is 2.20. The summed E-state index contributed by atoms with van der Waals surface area (Å²) in [6.45, 7) is 1.10. The van der Waals surface area contributed by atoms with Crippen LogP contribution in [0, 0.1) is 5.82 Å². The van der Waals surface area contributed by atoms with Crippen molar-refractivity contribution in [3.63, 3.8) is 0 Å². The van der Waals surface area contributed by atoms with Crippen molar-refractivity contribution in [3.05, 3.63) is 54.0 Å². The number of piperidine rings is 1. The third-order valence-electron chi connectivity index (χ3n) is 3.98. The predicted molar refractivity (Wildman–Crippen MR) is 94.5 cm³/mol. The van der Waals surface area contributed by atoms with E-state index in [1.807, 2.05) is 0 Å². The zero-order valence-corrected chi connectivity index (χ0v) is 14.4. The van der Waals surface area contributed by atoms with Crippen LogP contribution in [0.3, 0.4) is 0 Å². The molecule has 0 bridgehead atoms. The Morgan fingerprint density at radius 3 is 2.56 bits per heavy atom. The number of sulfonamides is 1. The minimum atomic E-state index is -3.49.